The summed E-state index contributed by atoms with van der Waals surface area (Å²) in [5, 5.41) is 1.27. The standard InChI is InChI=1S/C21H12N.C13H10N.Ir/c1-2-7-14(8-3-1)20-13-18-16-10-5-4-9-15(16)17-11-6-12-19(22-20)21(17)18;1-2-11-6-8-12(9-7-11)13-5-3-4-10-14-13;/h1-7,9-13H;2-8,10H,1H2;/q2*-1;. The summed E-state index contributed by atoms with van der Waals surface area (Å²) in [7, 11) is 0. The second-order valence-corrected chi connectivity index (χ2v) is 8.53. The zero-order valence-corrected chi connectivity index (χ0v) is 22.4. The van der Waals surface area contributed by atoms with Gasteiger partial charge in [-0.25, -0.2) is 0 Å². The molecule has 0 amide bonds. The number of rotatable bonds is 3. The summed E-state index contributed by atoms with van der Waals surface area (Å²) in [6.07, 6.45) is 3.59. The average molecular weight is 651 g/mol. The van der Waals surface area contributed by atoms with E-state index in [2.05, 4.69) is 78.3 Å². The van der Waals surface area contributed by atoms with Gasteiger partial charge < -0.3 is 4.98 Å². The molecular formula is C34H22IrN2-2. The van der Waals surface area contributed by atoms with Crippen molar-refractivity contribution in [2.45, 2.75) is 0 Å². The van der Waals surface area contributed by atoms with Crippen molar-refractivity contribution in [3.05, 3.63) is 140 Å². The van der Waals surface area contributed by atoms with Crippen molar-refractivity contribution in [3.63, 3.8) is 0 Å². The van der Waals surface area contributed by atoms with Crippen LogP contribution in [-0.4, -0.2) is 9.97 Å². The van der Waals surface area contributed by atoms with Crippen molar-refractivity contribution in [2.24, 2.45) is 0 Å². The van der Waals surface area contributed by atoms with E-state index in [0.717, 1.165) is 33.6 Å². The summed E-state index contributed by atoms with van der Waals surface area (Å²) in [6, 6.07) is 43.4. The van der Waals surface area contributed by atoms with Gasteiger partial charge in [0, 0.05) is 31.7 Å². The minimum absolute atomic E-state index is 0. The summed E-state index contributed by atoms with van der Waals surface area (Å²) in [6.45, 7) is 3.70. The van der Waals surface area contributed by atoms with Crippen LogP contribution in [0.4, 0.5) is 0 Å². The zero-order chi connectivity index (χ0) is 24.3. The molecule has 2 nitrogen and oxygen atoms in total. The average Bonchev–Trinajstić information content (AvgIpc) is 3.29. The summed E-state index contributed by atoms with van der Waals surface area (Å²) < 4.78 is 0. The van der Waals surface area contributed by atoms with Crippen LogP contribution in [0.1, 0.15) is 5.56 Å². The molecule has 2 aromatic heterocycles. The van der Waals surface area contributed by atoms with E-state index in [1.807, 2.05) is 54.6 Å². The smallest absolute Gasteiger partial charge is 0.0607 e. The first kappa shape index (κ1) is 24.5. The molecular weight excluding hydrogens is 629 g/mol. The van der Waals surface area contributed by atoms with Crippen molar-refractivity contribution in [1.82, 2.24) is 9.97 Å². The Morgan fingerprint density at radius 2 is 1.41 bits per heavy atom. The molecule has 1 radical (unpaired) electrons. The Kier molecular flexibility index (Phi) is 7.18. The summed E-state index contributed by atoms with van der Waals surface area (Å²) in [5.74, 6) is 0. The third-order valence-electron chi connectivity index (χ3n) is 6.34. The van der Waals surface area contributed by atoms with E-state index in [-0.39, 0.29) is 20.1 Å². The van der Waals surface area contributed by atoms with Crippen LogP contribution in [0.25, 0.3) is 61.7 Å². The van der Waals surface area contributed by atoms with Crippen LogP contribution in [0.2, 0.25) is 0 Å². The minimum Gasteiger partial charge on any atom is -0.305 e. The van der Waals surface area contributed by atoms with Crippen molar-refractivity contribution >= 4 is 17.0 Å². The molecule has 1 aliphatic carbocycles. The molecule has 0 bridgehead atoms. The number of benzene rings is 4. The van der Waals surface area contributed by atoms with Gasteiger partial charge in [0.2, 0.25) is 0 Å². The number of pyridine rings is 2. The molecule has 0 aliphatic heterocycles. The Labute approximate surface area is 230 Å². The molecule has 37 heavy (non-hydrogen) atoms. The molecule has 1 aliphatic rings. The quantitative estimate of drug-likeness (QED) is 0.179. The molecule has 3 heteroatoms. The van der Waals surface area contributed by atoms with Crippen LogP contribution in [-0.2, 0) is 20.1 Å². The third-order valence-corrected chi connectivity index (χ3v) is 6.34. The maximum Gasteiger partial charge on any atom is 0.0607 e. The Morgan fingerprint density at radius 1 is 0.649 bits per heavy atom. The summed E-state index contributed by atoms with van der Waals surface area (Å²) >= 11 is 0. The van der Waals surface area contributed by atoms with Crippen molar-refractivity contribution < 1.29 is 20.1 Å². The topological polar surface area (TPSA) is 25.8 Å². The van der Waals surface area contributed by atoms with Crippen LogP contribution in [0, 0.1) is 12.1 Å². The number of fused-ring (bicyclic) bond motifs is 3. The molecule has 0 saturated carbocycles. The predicted molar refractivity (Wildman–Crippen MR) is 149 cm³/mol. The van der Waals surface area contributed by atoms with Gasteiger partial charge in [0.15, 0.2) is 0 Å². The van der Waals surface area contributed by atoms with E-state index >= 15 is 0 Å². The van der Waals surface area contributed by atoms with Gasteiger partial charge in [-0.3, -0.25) is 4.98 Å². The molecule has 0 fully saturated rings. The van der Waals surface area contributed by atoms with Gasteiger partial charge in [0.1, 0.15) is 0 Å². The fourth-order valence-electron chi connectivity index (χ4n) is 4.61. The van der Waals surface area contributed by atoms with Gasteiger partial charge in [-0.2, -0.15) is 0 Å². The number of aromatic nitrogens is 2. The zero-order valence-electron chi connectivity index (χ0n) is 20.0. The van der Waals surface area contributed by atoms with Gasteiger partial charge in [-0.05, 0) is 45.8 Å². The van der Waals surface area contributed by atoms with E-state index in [4.69, 9.17) is 4.98 Å². The summed E-state index contributed by atoms with van der Waals surface area (Å²) in [5.41, 5.74) is 11.3. The fraction of sp³-hybridized carbons (Fsp3) is 0. The number of hydrogen-bond donors (Lipinski definition) is 0. The molecule has 0 unspecified atom stereocenters. The van der Waals surface area contributed by atoms with Crippen LogP contribution in [0.15, 0.2) is 122 Å². The molecule has 0 atom stereocenters. The van der Waals surface area contributed by atoms with Gasteiger partial charge in [-0.1, -0.05) is 54.6 Å². The van der Waals surface area contributed by atoms with E-state index in [9.17, 15) is 0 Å². The van der Waals surface area contributed by atoms with Gasteiger partial charge >= 0.3 is 0 Å². The van der Waals surface area contributed by atoms with E-state index in [1.54, 1.807) is 12.3 Å². The molecule has 0 spiro atoms. The molecule has 4 aromatic carbocycles. The maximum absolute atomic E-state index is 4.86. The number of hydrogen-bond acceptors (Lipinski definition) is 2. The molecule has 0 N–H and O–H groups in total. The molecule has 7 rings (SSSR count). The maximum atomic E-state index is 4.86. The first-order valence-electron chi connectivity index (χ1n) is 11.9. The van der Waals surface area contributed by atoms with Crippen LogP contribution >= 0.6 is 0 Å². The Morgan fingerprint density at radius 3 is 2.11 bits per heavy atom. The minimum atomic E-state index is 0. The monoisotopic (exact) mass is 651 g/mol. The summed E-state index contributed by atoms with van der Waals surface area (Å²) in [4.78, 5) is 9.11. The second-order valence-electron chi connectivity index (χ2n) is 8.53. The largest absolute Gasteiger partial charge is 0.305 e. The molecule has 6 aromatic rings. The second kappa shape index (κ2) is 10.8. The van der Waals surface area contributed by atoms with E-state index in [0.29, 0.717) is 0 Å². The molecule has 0 saturated heterocycles. The van der Waals surface area contributed by atoms with Gasteiger partial charge in [0.25, 0.3) is 0 Å². The molecule has 2 heterocycles. The van der Waals surface area contributed by atoms with Crippen LogP contribution in [0.5, 0.6) is 0 Å². The van der Waals surface area contributed by atoms with Crippen molar-refractivity contribution in [1.29, 1.82) is 0 Å². The fourth-order valence-corrected chi connectivity index (χ4v) is 4.61. The predicted octanol–water partition coefficient (Wildman–Crippen LogP) is 8.54. The van der Waals surface area contributed by atoms with Crippen molar-refractivity contribution in [2.75, 3.05) is 0 Å². The van der Waals surface area contributed by atoms with E-state index in [1.165, 1.54) is 27.6 Å². The molecule has 179 valence electrons. The van der Waals surface area contributed by atoms with Gasteiger partial charge in [-0.15, -0.1) is 83.9 Å². The Bertz CT molecular complexity index is 1680. The number of nitrogens with zero attached hydrogens (tertiary/aromatic N) is 2. The Balaban J connectivity index is 0.000000163. The normalized spacial score (nSPS) is 10.6. The van der Waals surface area contributed by atoms with E-state index < -0.39 is 0 Å². The van der Waals surface area contributed by atoms with Crippen LogP contribution in [0.3, 0.4) is 0 Å². The SMILES string of the molecule is C=Cc1c[c-]c(-c2ccccn2)cc1.[Ir].[c-]1ccccc1-c1cc2c3c(cccc3n1)-c1ccccc1-2. The first-order chi connectivity index (χ1) is 17.8. The first-order valence-corrected chi connectivity index (χ1v) is 11.9. The van der Waals surface area contributed by atoms with Crippen LogP contribution < -0.4 is 0 Å². The Hall–Kier alpha value is -4.17. The van der Waals surface area contributed by atoms with Crippen molar-refractivity contribution in [3.8, 4) is 44.8 Å². The van der Waals surface area contributed by atoms with Gasteiger partial charge in [0.05, 0.1) is 5.52 Å². The third kappa shape index (κ3) is 4.80.